The Bertz CT molecular complexity index is 550. The number of carbonyl (C=O) groups excluding carboxylic acids is 1. The maximum absolute atomic E-state index is 11.9. The van der Waals surface area contributed by atoms with Gasteiger partial charge in [0.05, 0.1) is 0 Å². The topological polar surface area (TPSA) is 29.1 Å². The minimum atomic E-state index is 0.0692. The van der Waals surface area contributed by atoms with Crippen molar-refractivity contribution >= 4 is 22.9 Å². The summed E-state index contributed by atoms with van der Waals surface area (Å²) in [5, 5.41) is 7.08. The van der Waals surface area contributed by atoms with Crippen molar-refractivity contribution in [2.75, 3.05) is 5.32 Å². The van der Waals surface area contributed by atoms with Crippen LogP contribution >= 0.6 is 11.3 Å². The molecule has 0 atom stereocenters. The molecule has 3 heteroatoms. The van der Waals surface area contributed by atoms with E-state index in [0.29, 0.717) is 6.42 Å². The van der Waals surface area contributed by atoms with E-state index in [4.69, 9.17) is 0 Å². The molecule has 0 aliphatic heterocycles. The largest absolute Gasteiger partial charge is 0.326 e. The molecule has 1 aromatic heterocycles. The molecule has 0 saturated carbocycles. The number of anilines is 1. The van der Waals surface area contributed by atoms with Gasteiger partial charge in [-0.05, 0) is 51.9 Å². The summed E-state index contributed by atoms with van der Waals surface area (Å²) in [6.45, 7) is 6.55. The second kappa shape index (κ2) is 6.23. The normalized spacial score (nSPS) is 11.3. The number of hydrogen-bond acceptors (Lipinski definition) is 2. The van der Waals surface area contributed by atoms with Gasteiger partial charge in [0.25, 0.3) is 0 Å². The highest BCUT2D eigenvalue weighted by Gasteiger charge is 2.13. The first-order valence-corrected chi connectivity index (χ1v) is 7.81. The summed E-state index contributed by atoms with van der Waals surface area (Å²) in [6, 6.07) is 10.2. The van der Waals surface area contributed by atoms with Gasteiger partial charge in [0.15, 0.2) is 0 Å². The Morgan fingerprint density at radius 2 is 1.85 bits per heavy atom. The number of benzene rings is 1. The molecular formula is C17H21NOS. The van der Waals surface area contributed by atoms with Crippen LogP contribution in [0.2, 0.25) is 0 Å². The van der Waals surface area contributed by atoms with Crippen LogP contribution in [0.15, 0.2) is 41.1 Å². The number of thiophene rings is 1. The van der Waals surface area contributed by atoms with Crippen molar-refractivity contribution < 1.29 is 4.79 Å². The second-order valence-corrected chi connectivity index (χ2v) is 6.79. The predicted molar refractivity (Wildman–Crippen MR) is 86.4 cm³/mol. The number of rotatable bonds is 4. The minimum absolute atomic E-state index is 0.0692. The van der Waals surface area contributed by atoms with Crippen molar-refractivity contribution in [3.63, 3.8) is 0 Å². The van der Waals surface area contributed by atoms with Crippen molar-refractivity contribution in [3.05, 3.63) is 52.2 Å². The number of carbonyl (C=O) groups is 1. The second-order valence-electron chi connectivity index (χ2n) is 6.01. The number of hydrogen-bond donors (Lipinski definition) is 1. The number of nitrogens with one attached hydrogen (secondary N) is 1. The van der Waals surface area contributed by atoms with Gasteiger partial charge in [0.1, 0.15) is 0 Å². The van der Waals surface area contributed by atoms with Crippen LogP contribution in [0.4, 0.5) is 5.69 Å². The maximum atomic E-state index is 11.9. The van der Waals surface area contributed by atoms with E-state index in [1.807, 2.05) is 17.5 Å². The van der Waals surface area contributed by atoms with Crippen molar-refractivity contribution in [3.8, 4) is 0 Å². The molecule has 2 aromatic rings. The van der Waals surface area contributed by atoms with Gasteiger partial charge < -0.3 is 5.32 Å². The first-order chi connectivity index (χ1) is 9.45. The van der Waals surface area contributed by atoms with Gasteiger partial charge in [-0.15, -0.1) is 0 Å². The molecule has 0 fully saturated rings. The summed E-state index contributed by atoms with van der Waals surface area (Å²) in [5.41, 5.74) is 3.51. The molecular weight excluding hydrogens is 266 g/mol. The van der Waals surface area contributed by atoms with Crippen LogP contribution in [-0.2, 0) is 16.6 Å². The third-order valence-electron chi connectivity index (χ3n) is 3.26. The smallest absolute Gasteiger partial charge is 0.224 e. The number of amides is 1. The molecule has 0 bridgehead atoms. The Labute approximate surface area is 124 Å². The first kappa shape index (κ1) is 14.8. The lowest BCUT2D eigenvalue weighted by Gasteiger charge is -2.19. The summed E-state index contributed by atoms with van der Waals surface area (Å²) < 4.78 is 0. The number of aryl methyl sites for hydroxylation is 1. The lowest BCUT2D eigenvalue weighted by atomic mass is 9.87. The average molecular weight is 287 g/mol. The van der Waals surface area contributed by atoms with E-state index in [1.165, 1.54) is 11.1 Å². The lowest BCUT2D eigenvalue weighted by molar-refractivity contribution is -0.116. The SMILES string of the molecule is CC(C)(C)c1ccc(NC(=O)CCc2ccsc2)cc1. The van der Waals surface area contributed by atoms with Gasteiger partial charge in [-0.1, -0.05) is 32.9 Å². The molecule has 0 unspecified atom stereocenters. The fraction of sp³-hybridized carbons (Fsp3) is 0.353. The van der Waals surface area contributed by atoms with Crippen molar-refractivity contribution in [2.24, 2.45) is 0 Å². The van der Waals surface area contributed by atoms with Gasteiger partial charge >= 0.3 is 0 Å². The molecule has 20 heavy (non-hydrogen) atoms. The van der Waals surface area contributed by atoms with Gasteiger partial charge in [-0.2, -0.15) is 11.3 Å². The Hall–Kier alpha value is -1.61. The summed E-state index contributed by atoms with van der Waals surface area (Å²) in [4.78, 5) is 11.9. The first-order valence-electron chi connectivity index (χ1n) is 6.86. The molecule has 0 saturated heterocycles. The van der Waals surface area contributed by atoms with Gasteiger partial charge in [0, 0.05) is 12.1 Å². The van der Waals surface area contributed by atoms with Gasteiger partial charge in [-0.25, -0.2) is 0 Å². The zero-order chi connectivity index (χ0) is 14.6. The lowest BCUT2D eigenvalue weighted by Crippen LogP contribution is -2.13. The minimum Gasteiger partial charge on any atom is -0.326 e. The van der Waals surface area contributed by atoms with Crippen LogP contribution in [0.5, 0.6) is 0 Å². The Morgan fingerprint density at radius 3 is 2.40 bits per heavy atom. The standard InChI is InChI=1S/C17H21NOS/c1-17(2,3)14-5-7-15(8-6-14)18-16(19)9-4-13-10-11-20-12-13/h5-8,10-12H,4,9H2,1-3H3,(H,18,19). The average Bonchev–Trinajstić information content (AvgIpc) is 2.89. The van der Waals surface area contributed by atoms with E-state index in [9.17, 15) is 4.79 Å². The Kier molecular flexibility index (Phi) is 4.61. The van der Waals surface area contributed by atoms with Gasteiger partial charge in [0.2, 0.25) is 5.91 Å². The van der Waals surface area contributed by atoms with Crippen LogP contribution < -0.4 is 5.32 Å². The molecule has 0 radical (unpaired) electrons. The third kappa shape index (κ3) is 4.20. The maximum Gasteiger partial charge on any atom is 0.224 e. The molecule has 1 aromatic carbocycles. The van der Waals surface area contributed by atoms with Crippen LogP contribution in [0.1, 0.15) is 38.3 Å². The summed E-state index contributed by atoms with van der Waals surface area (Å²) in [5.74, 6) is 0.0692. The van der Waals surface area contributed by atoms with Crippen LogP contribution in [0.3, 0.4) is 0 Å². The van der Waals surface area contributed by atoms with Crippen molar-refractivity contribution in [1.29, 1.82) is 0 Å². The van der Waals surface area contributed by atoms with Crippen LogP contribution in [-0.4, -0.2) is 5.91 Å². The molecule has 106 valence electrons. The van der Waals surface area contributed by atoms with E-state index >= 15 is 0 Å². The highest BCUT2D eigenvalue weighted by molar-refractivity contribution is 7.07. The fourth-order valence-corrected chi connectivity index (χ4v) is 2.67. The summed E-state index contributed by atoms with van der Waals surface area (Å²) in [7, 11) is 0. The highest BCUT2D eigenvalue weighted by atomic mass is 32.1. The van der Waals surface area contributed by atoms with E-state index in [-0.39, 0.29) is 11.3 Å². The Balaban J connectivity index is 1.88. The van der Waals surface area contributed by atoms with Crippen LogP contribution in [0, 0.1) is 0 Å². The van der Waals surface area contributed by atoms with E-state index < -0.39 is 0 Å². The fourth-order valence-electron chi connectivity index (χ4n) is 1.97. The molecule has 0 aliphatic rings. The quantitative estimate of drug-likeness (QED) is 0.873. The monoisotopic (exact) mass is 287 g/mol. The Morgan fingerprint density at radius 1 is 1.15 bits per heavy atom. The summed E-state index contributed by atoms with van der Waals surface area (Å²) in [6.07, 6.45) is 1.33. The van der Waals surface area contributed by atoms with Crippen LogP contribution in [0.25, 0.3) is 0 Å². The molecule has 1 heterocycles. The van der Waals surface area contributed by atoms with E-state index in [0.717, 1.165) is 12.1 Å². The molecule has 0 spiro atoms. The third-order valence-corrected chi connectivity index (χ3v) is 3.99. The van der Waals surface area contributed by atoms with Gasteiger partial charge in [-0.3, -0.25) is 4.79 Å². The summed E-state index contributed by atoms with van der Waals surface area (Å²) >= 11 is 1.67. The molecule has 1 amide bonds. The molecule has 0 aliphatic carbocycles. The molecule has 1 N–H and O–H groups in total. The molecule has 2 nitrogen and oxygen atoms in total. The zero-order valence-electron chi connectivity index (χ0n) is 12.3. The zero-order valence-corrected chi connectivity index (χ0v) is 13.1. The van der Waals surface area contributed by atoms with Crippen molar-refractivity contribution in [2.45, 2.75) is 39.0 Å². The molecule has 2 rings (SSSR count). The predicted octanol–water partition coefficient (Wildman–Crippen LogP) is 4.62. The van der Waals surface area contributed by atoms with Crippen molar-refractivity contribution in [1.82, 2.24) is 0 Å². The van der Waals surface area contributed by atoms with E-state index in [1.54, 1.807) is 11.3 Å². The van der Waals surface area contributed by atoms with E-state index in [2.05, 4.69) is 49.7 Å². The highest BCUT2D eigenvalue weighted by Crippen LogP contribution is 2.23.